The van der Waals surface area contributed by atoms with E-state index in [4.69, 9.17) is 9.47 Å². The number of para-hydroxylation sites is 1. The lowest BCUT2D eigenvalue weighted by molar-refractivity contribution is -0.114. The Hall–Kier alpha value is -4.86. The monoisotopic (exact) mass is 513 g/mol. The normalized spacial score (nSPS) is 10.4. The van der Waals surface area contributed by atoms with Crippen molar-refractivity contribution in [1.29, 1.82) is 0 Å². The zero-order valence-electron chi connectivity index (χ0n) is 21.8. The molecule has 0 fully saturated rings. The van der Waals surface area contributed by atoms with Gasteiger partial charge in [0.05, 0.1) is 20.8 Å². The molecule has 3 aromatic carbocycles. The Labute approximate surface area is 221 Å². The molecule has 0 bridgehead atoms. The first kappa shape index (κ1) is 26.2. The van der Waals surface area contributed by atoms with Gasteiger partial charge >= 0.3 is 0 Å². The van der Waals surface area contributed by atoms with Crippen LogP contribution in [-0.2, 0) is 11.2 Å². The molecule has 0 aliphatic heterocycles. The zero-order valence-corrected chi connectivity index (χ0v) is 21.8. The number of aromatic nitrogens is 3. The maximum Gasteiger partial charge on any atom is 0.243 e. The predicted octanol–water partition coefficient (Wildman–Crippen LogP) is 5.30. The molecule has 1 aromatic heterocycles. The van der Waals surface area contributed by atoms with Crippen LogP contribution in [0.25, 0.3) is 0 Å². The van der Waals surface area contributed by atoms with Gasteiger partial charge in [-0.05, 0) is 73.0 Å². The summed E-state index contributed by atoms with van der Waals surface area (Å²) in [5.74, 6) is 2.11. The fourth-order valence-electron chi connectivity index (χ4n) is 3.72. The van der Waals surface area contributed by atoms with Gasteiger partial charge in [-0.15, -0.1) is 0 Å². The third-order valence-electron chi connectivity index (χ3n) is 5.74. The Balaban J connectivity index is 1.52. The van der Waals surface area contributed by atoms with E-state index in [0.717, 1.165) is 46.1 Å². The highest BCUT2D eigenvalue weighted by atomic mass is 16.5. The molecule has 10 heteroatoms. The molecule has 0 aliphatic carbocycles. The van der Waals surface area contributed by atoms with Gasteiger partial charge in [-0.25, -0.2) is 0 Å². The topological polar surface area (TPSA) is 122 Å². The SMILES string of the molecule is CCc1cccc(C)c1NC(=O)CNc1nc(Nc2ccc(OC)cc2)nc(Nc2ccc(OC)cc2)n1. The highest BCUT2D eigenvalue weighted by Crippen LogP contribution is 2.23. The lowest BCUT2D eigenvalue weighted by Gasteiger charge is -2.14. The lowest BCUT2D eigenvalue weighted by Crippen LogP contribution is -2.24. The molecule has 10 nitrogen and oxygen atoms in total. The average molecular weight is 514 g/mol. The number of ether oxygens (including phenoxy) is 2. The maximum absolute atomic E-state index is 12.8. The summed E-state index contributed by atoms with van der Waals surface area (Å²) in [4.78, 5) is 26.2. The molecule has 1 amide bonds. The summed E-state index contributed by atoms with van der Waals surface area (Å²) < 4.78 is 10.4. The number of hydrogen-bond acceptors (Lipinski definition) is 9. The van der Waals surface area contributed by atoms with E-state index in [-0.39, 0.29) is 18.4 Å². The Morgan fingerprint density at radius 2 is 1.29 bits per heavy atom. The van der Waals surface area contributed by atoms with Gasteiger partial charge in [-0.1, -0.05) is 25.1 Å². The van der Waals surface area contributed by atoms with E-state index < -0.39 is 0 Å². The van der Waals surface area contributed by atoms with Crippen LogP contribution in [0.1, 0.15) is 18.1 Å². The Morgan fingerprint density at radius 3 is 1.79 bits per heavy atom. The Kier molecular flexibility index (Phi) is 8.55. The van der Waals surface area contributed by atoms with Crippen LogP contribution in [0.3, 0.4) is 0 Å². The van der Waals surface area contributed by atoms with E-state index in [0.29, 0.717) is 11.9 Å². The molecule has 0 saturated heterocycles. The molecule has 0 radical (unpaired) electrons. The second-order valence-electron chi connectivity index (χ2n) is 8.38. The van der Waals surface area contributed by atoms with Crippen molar-refractivity contribution in [2.45, 2.75) is 20.3 Å². The molecule has 1 heterocycles. The van der Waals surface area contributed by atoms with Crippen molar-refractivity contribution in [1.82, 2.24) is 15.0 Å². The highest BCUT2D eigenvalue weighted by molar-refractivity contribution is 5.95. The van der Waals surface area contributed by atoms with Gasteiger partial charge < -0.3 is 30.7 Å². The predicted molar refractivity (Wildman–Crippen MR) is 150 cm³/mol. The van der Waals surface area contributed by atoms with Crippen LogP contribution in [0, 0.1) is 6.92 Å². The molecular weight excluding hydrogens is 482 g/mol. The van der Waals surface area contributed by atoms with E-state index in [1.165, 1.54) is 0 Å². The van der Waals surface area contributed by atoms with Crippen molar-refractivity contribution in [2.75, 3.05) is 42.0 Å². The van der Waals surface area contributed by atoms with E-state index in [9.17, 15) is 4.79 Å². The van der Waals surface area contributed by atoms with Gasteiger partial charge in [0.15, 0.2) is 0 Å². The number of anilines is 6. The number of rotatable bonds is 11. The van der Waals surface area contributed by atoms with Gasteiger partial charge in [0.1, 0.15) is 11.5 Å². The third kappa shape index (κ3) is 6.88. The van der Waals surface area contributed by atoms with E-state index in [2.05, 4.69) is 43.1 Å². The second kappa shape index (κ2) is 12.4. The van der Waals surface area contributed by atoms with Crippen molar-refractivity contribution in [3.63, 3.8) is 0 Å². The van der Waals surface area contributed by atoms with E-state index in [1.807, 2.05) is 73.7 Å². The molecular formula is C28H31N7O3. The average Bonchev–Trinajstić information content (AvgIpc) is 2.94. The fourth-order valence-corrected chi connectivity index (χ4v) is 3.72. The summed E-state index contributed by atoms with van der Waals surface area (Å²) in [5.41, 5.74) is 4.46. The molecule has 38 heavy (non-hydrogen) atoms. The number of nitrogens with one attached hydrogen (secondary N) is 4. The minimum atomic E-state index is -0.205. The van der Waals surface area contributed by atoms with Gasteiger partial charge in [0.25, 0.3) is 0 Å². The smallest absolute Gasteiger partial charge is 0.243 e. The quantitative estimate of drug-likeness (QED) is 0.212. The summed E-state index contributed by atoms with van der Waals surface area (Å²) >= 11 is 0. The standard InChI is InChI=1S/C28H31N7O3/c1-5-19-8-6-7-18(2)25(19)32-24(36)17-29-26-33-27(30-20-9-13-22(37-3)14-10-20)35-28(34-26)31-21-11-15-23(38-4)16-12-21/h6-16H,5,17H2,1-4H3,(H,32,36)(H3,29,30,31,33,34,35). The van der Waals surface area contributed by atoms with Gasteiger partial charge in [-0.3, -0.25) is 4.79 Å². The summed E-state index contributed by atoms with van der Waals surface area (Å²) in [7, 11) is 3.23. The zero-order chi connectivity index (χ0) is 26.9. The Bertz CT molecular complexity index is 1310. The van der Waals surface area contributed by atoms with Crippen LogP contribution in [0.5, 0.6) is 11.5 Å². The Morgan fingerprint density at radius 1 is 0.763 bits per heavy atom. The van der Waals surface area contributed by atoms with Gasteiger partial charge in [-0.2, -0.15) is 15.0 Å². The molecule has 4 N–H and O–H groups in total. The van der Waals surface area contributed by atoms with Crippen molar-refractivity contribution in [3.05, 3.63) is 77.9 Å². The second-order valence-corrected chi connectivity index (χ2v) is 8.38. The number of carbonyl (C=O) groups excluding carboxylic acids is 1. The summed E-state index contributed by atoms with van der Waals surface area (Å²) in [6, 6.07) is 20.7. The van der Waals surface area contributed by atoms with Crippen molar-refractivity contribution >= 4 is 40.8 Å². The number of aryl methyl sites for hydroxylation is 2. The number of hydrogen-bond donors (Lipinski definition) is 4. The number of carbonyl (C=O) groups is 1. The van der Waals surface area contributed by atoms with Crippen LogP contribution < -0.4 is 30.7 Å². The van der Waals surface area contributed by atoms with Crippen molar-refractivity contribution in [3.8, 4) is 11.5 Å². The molecule has 0 saturated carbocycles. The van der Waals surface area contributed by atoms with Crippen LogP contribution >= 0.6 is 0 Å². The van der Waals surface area contributed by atoms with Crippen LogP contribution in [0.4, 0.5) is 34.9 Å². The van der Waals surface area contributed by atoms with E-state index >= 15 is 0 Å². The minimum Gasteiger partial charge on any atom is -0.497 e. The van der Waals surface area contributed by atoms with Crippen LogP contribution in [0.15, 0.2) is 66.7 Å². The molecule has 0 atom stereocenters. The first-order valence-electron chi connectivity index (χ1n) is 12.2. The first-order chi connectivity index (χ1) is 18.5. The summed E-state index contributed by atoms with van der Waals surface area (Å²) in [6.07, 6.45) is 0.818. The molecule has 4 rings (SSSR count). The number of methoxy groups -OCH3 is 2. The fraction of sp³-hybridized carbons (Fsp3) is 0.214. The molecule has 196 valence electrons. The van der Waals surface area contributed by atoms with Crippen molar-refractivity contribution in [2.24, 2.45) is 0 Å². The van der Waals surface area contributed by atoms with Gasteiger partial charge in [0.2, 0.25) is 23.8 Å². The largest absolute Gasteiger partial charge is 0.497 e. The van der Waals surface area contributed by atoms with E-state index in [1.54, 1.807) is 14.2 Å². The van der Waals surface area contributed by atoms with Crippen LogP contribution in [0.2, 0.25) is 0 Å². The molecule has 4 aromatic rings. The molecule has 0 spiro atoms. The number of amides is 1. The third-order valence-corrected chi connectivity index (χ3v) is 5.74. The highest BCUT2D eigenvalue weighted by Gasteiger charge is 2.12. The maximum atomic E-state index is 12.8. The molecule has 0 aliphatic rings. The number of nitrogens with zero attached hydrogens (tertiary/aromatic N) is 3. The lowest BCUT2D eigenvalue weighted by atomic mass is 10.1. The van der Waals surface area contributed by atoms with Crippen LogP contribution in [-0.4, -0.2) is 41.6 Å². The van der Waals surface area contributed by atoms with Gasteiger partial charge in [0, 0.05) is 17.1 Å². The molecule has 0 unspecified atom stereocenters. The summed E-state index contributed by atoms with van der Waals surface area (Å²) in [6.45, 7) is 4.01. The summed E-state index contributed by atoms with van der Waals surface area (Å²) in [5, 5.41) is 12.4. The first-order valence-corrected chi connectivity index (χ1v) is 12.2. The number of benzene rings is 3. The van der Waals surface area contributed by atoms with Crippen molar-refractivity contribution < 1.29 is 14.3 Å². The minimum absolute atomic E-state index is 0.0224.